The Hall–Kier alpha value is -2.59. The lowest BCUT2D eigenvalue weighted by Gasteiger charge is -2.45. The lowest BCUT2D eigenvalue weighted by molar-refractivity contribution is -0.122. The fourth-order valence-electron chi connectivity index (χ4n) is 5.28. The summed E-state index contributed by atoms with van der Waals surface area (Å²) in [6.07, 6.45) is 9.15. The minimum absolute atomic E-state index is 0.105. The van der Waals surface area contributed by atoms with E-state index in [2.05, 4.69) is 90.1 Å². The summed E-state index contributed by atoms with van der Waals surface area (Å²) in [5, 5.41) is 4.45. The Morgan fingerprint density at radius 3 is 2.52 bits per heavy atom. The SMILES string of the molecule is CN(C)C1(c2ccccc2)CCC(CC(=O)NCCCc2c[nH]c3ccccc23)CC1. The van der Waals surface area contributed by atoms with Crippen LogP contribution in [0.3, 0.4) is 0 Å². The van der Waals surface area contributed by atoms with Crippen molar-refractivity contribution in [1.29, 1.82) is 0 Å². The number of fused-ring (bicyclic) bond motifs is 1. The molecule has 4 rings (SSSR count). The lowest BCUT2D eigenvalue weighted by atomic mass is 9.71. The smallest absolute Gasteiger partial charge is 0.220 e. The zero-order chi connectivity index (χ0) is 21.7. The van der Waals surface area contributed by atoms with Crippen molar-refractivity contribution in [2.24, 2.45) is 5.92 Å². The van der Waals surface area contributed by atoms with Crippen LogP contribution in [0.1, 0.15) is 49.7 Å². The lowest BCUT2D eigenvalue weighted by Crippen LogP contribution is -2.44. The van der Waals surface area contributed by atoms with E-state index in [-0.39, 0.29) is 11.4 Å². The molecule has 31 heavy (non-hydrogen) atoms. The first-order valence-corrected chi connectivity index (χ1v) is 11.6. The molecule has 1 aliphatic carbocycles. The van der Waals surface area contributed by atoms with Crippen molar-refractivity contribution in [2.75, 3.05) is 20.6 Å². The normalized spacial score (nSPS) is 21.5. The summed E-state index contributed by atoms with van der Waals surface area (Å²) in [7, 11) is 4.38. The molecule has 164 valence electrons. The molecule has 3 aromatic rings. The fraction of sp³-hybridized carbons (Fsp3) is 0.444. The van der Waals surface area contributed by atoms with Crippen molar-refractivity contribution < 1.29 is 4.79 Å². The van der Waals surface area contributed by atoms with Crippen molar-refractivity contribution in [1.82, 2.24) is 15.2 Å². The highest BCUT2D eigenvalue weighted by atomic mass is 16.1. The molecule has 0 spiro atoms. The molecule has 1 aromatic heterocycles. The number of aryl methyl sites for hydroxylation is 1. The predicted molar refractivity (Wildman–Crippen MR) is 128 cm³/mol. The summed E-state index contributed by atoms with van der Waals surface area (Å²) in [5.41, 5.74) is 4.02. The van der Waals surface area contributed by atoms with Gasteiger partial charge in [0.1, 0.15) is 0 Å². The Morgan fingerprint density at radius 1 is 1.06 bits per heavy atom. The maximum absolute atomic E-state index is 12.5. The van der Waals surface area contributed by atoms with Crippen LogP contribution in [0.4, 0.5) is 0 Å². The number of benzene rings is 2. The van der Waals surface area contributed by atoms with E-state index >= 15 is 0 Å². The Labute approximate surface area is 186 Å². The molecule has 0 bridgehead atoms. The van der Waals surface area contributed by atoms with Crippen LogP contribution in [0, 0.1) is 5.92 Å². The predicted octanol–water partition coefficient (Wildman–Crippen LogP) is 5.25. The molecule has 1 saturated carbocycles. The number of hydrogen-bond acceptors (Lipinski definition) is 2. The third kappa shape index (κ3) is 4.85. The van der Waals surface area contributed by atoms with Gasteiger partial charge in [-0.05, 0) is 75.7 Å². The summed E-state index contributed by atoms with van der Waals surface area (Å²) in [6, 6.07) is 19.3. The van der Waals surface area contributed by atoms with E-state index in [1.807, 2.05) is 0 Å². The number of para-hydroxylation sites is 1. The second-order valence-electron chi connectivity index (χ2n) is 9.25. The van der Waals surface area contributed by atoms with Crippen LogP contribution in [0.25, 0.3) is 10.9 Å². The summed E-state index contributed by atoms with van der Waals surface area (Å²) < 4.78 is 0. The molecule has 0 atom stereocenters. The summed E-state index contributed by atoms with van der Waals surface area (Å²) in [5.74, 6) is 0.700. The molecule has 1 heterocycles. The molecular formula is C27H35N3O. The average molecular weight is 418 g/mol. The quantitative estimate of drug-likeness (QED) is 0.492. The van der Waals surface area contributed by atoms with Crippen molar-refractivity contribution in [3.8, 4) is 0 Å². The van der Waals surface area contributed by atoms with Crippen LogP contribution >= 0.6 is 0 Å². The number of aromatic nitrogens is 1. The highest BCUT2D eigenvalue weighted by Crippen LogP contribution is 2.43. The average Bonchev–Trinajstić information content (AvgIpc) is 3.21. The third-order valence-electron chi connectivity index (χ3n) is 7.19. The van der Waals surface area contributed by atoms with Crippen LogP contribution in [-0.4, -0.2) is 36.4 Å². The maximum atomic E-state index is 12.5. The van der Waals surface area contributed by atoms with Gasteiger partial charge in [0.05, 0.1) is 0 Å². The number of hydrogen-bond donors (Lipinski definition) is 2. The topological polar surface area (TPSA) is 48.1 Å². The summed E-state index contributed by atoms with van der Waals surface area (Å²) in [4.78, 5) is 18.2. The van der Waals surface area contributed by atoms with E-state index in [0.717, 1.165) is 45.1 Å². The van der Waals surface area contributed by atoms with Crippen molar-refractivity contribution in [3.63, 3.8) is 0 Å². The van der Waals surface area contributed by atoms with Gasteiger partial charge in [0.15, 0.2) is 0 Å². The van der Waals surface area contributed by atoms with Gasteiger partial charge in [0, 0.05) is 35.6 Å². The molecule has 0 radical (unpaired) electrons. The Morgan fingerprint density at radius 2 is 1.77 bits per heavy atom. The van der Waals surface area contributed by atoms with E-state index in [1.54, 1.807) is 0 Å². The second kappa shape index (κ2) is 9.69. The maximum Gasteiger partial charge on any atom is 0.220 e. The largest absolute Gasteiger partial charge is 0.361 e. The molecule has 2 N–H and O–H groups in total. The van der Waals surface area contributed by atoms with Gasteiger partial charge in [-0.2, -0.15) is 0 Å². The van der Waals surface area contributed by atoms with Gasteiger partial charge >= 0.3 is 0 Å². The first-order chi connectivity index (χ1) is 15.1. The Kier molecular flexibility index (Phi) is 6.77. The van der Waals surface area contributed by atoms with Crippen LogP contribution in [0.15, 0.2) is 60.8 Å². The molecular weight excluding hydrogens is 382 g/mol. The Bertz CT molecular complexity index is 984. The van der Waals surface area contributed by atoms with E-state index in [4.69, 9.17) is 0 Å². The number of rotatable bonds is 8. The highest BCUT2D eigenvalue weighted by Gasteiger charge is 2.38. The Balaban J connectivity index is 1.22. The van der Waals surface area contributed by atoms with Gasteiger partial charge in [0.25, 0.3) is 0 Å². The molecule has 1 fully saturated rings. The zero-order valence-corrected chi connectivity index (χ0v) is 18.9. The second-order valence-corrected chi connectivity index (χ2v) is 9.25. The molecule has 4 heteroatoms. The van der Waals surface area contributed by atoms with Gasteiger partial charge in [-0.25, -0.2) is 0 Å². The summed E-state index contributed by atoms with van der Waals surface area (Å²) >= 11 is 0. The number of amides is 1. The molecule has 0 saturated heterocycles. The molecule has 1 aliphatic rings. The van der Waals surface area contributed by atoms with E-state index < -0.39 is 0 Å². The number of carbonyl (C=O) groups excluding carboxylic acids is 1. The number of nitrogens with zero attached hydrogens (tertiary/aromatic N) is 1. The highest BCUT2D eigenvalue weighted by molar-refractivity contribution is 5.83. The van der Waals surface area contributed by atoms with E-state index in [0.29, 0.717) is 12.3 Å². The third-order valence-corrected chi connectivity index (χ3v) is 7.19. The van der Waals surface area contributed by atoms with Gasteiger partial charge in [-0.3, -0.25) is 9.69 Å². The summed E-state index contributed by atoms with van der Waals surface area (Å²) in [6.45, 7) is 0.747. The van der Waals surface area contributed by atoms with Crippen molar-refractivity contribution in [2.45, 2.75) is 50.5 Å². The number of carbonyl (C=O) groups is 1. The number of aromatic amines is 1. The molecule has 0 unspecified atom stereocenters. The number of H-pyrrole nitrogens is 1. The van der Waals surface area contributed by atoms with Gasteiger partial charge < -0.3 is 10.3 Å². The van der Waals surface area contributed by atoms with Gasteiger partial charge in [-0.15, -0.1) is 0 Å². The zero-order valence-electron chi connectivity index (χ0n) is 18.9. The van der Waals surface area contributed by atoms with E-state index in [9.17, 15) is 4.79 Å². The van der Waals surface area contributed by atoms with Crippen LogP contribution < -0.4 is 5.32 Å². The fourth-order valence-corrected chi connectivity index (χ4v) is 5.28. The molecule has 4 nitrogen and oxygen atoms in total. The number of nitrogens with one attached hydrogen (secondary N) is 2. The first-order valence-electron chi connectivity index (χ1n) is 11.6. The van der Waals surface area contributed by atoms with Crippen LogP contribution in [-0.2, 0) is 16.8 Å². The van der Waals surface area contributed by atoms with E-state index in [1.165, 1.54) is 22.0 Å². The van der Waals surface area contributed by atoms with Crippen LogP contribution in [0.5, 0.6) is 0 Å². The minimum atomic E-state index is 0.105. The molecule has 0 aliphatic heterocycles. The molecule has 2 aromatic carbocycles. The minimum Gasteiger partial charge on any atom is -0.361 e. The molecule has 1 amide bonds. The first kappa shape index (κ1) is 21.6. The van der Waals surface area contributed by atoms with Crippen molar-refractivity contribution >= 4 is 16.8 Å². The standard InChI is InChI=1S/C27H35N3O/c1-30(2)27(23-10-4-3-5-11-23)16-14-21(15-17-27)19-26(31)28-18-8-9-22-20-29-25-13-7-6-12-24(22)25/h3-7,10-13,20-21,29H,8-9,14-19H2,1-2H3,(H,28,31). The van der Waals surface area contributed by atoms with Crippen molar-refractivity contribution in [3.05, 3.63) is 71.9 Å². The van der Waals surface area contributed by atoms with Gasteiger partial charge in [-0.1, -0.05) is 48.5 Å². The van der Waals surface area contributed by atoms with Gasteiger partial charge in [0.2, 0.25) is 5.91 Å². The van der Waals surface area contributed by atoms with Crippen LogP contribution in [0.2, 0.25) is 0 Å². The monoisotopic (exact) mass is 417 g/mol.